The lowest BCUT2D eigenvalue weighted by Gasteiger charge is -2.14. The number of aryl methyl sites for hydroxylation is 2. The van der Waals surface area contributed by atoms with E-state index in [0.29, 0.717) is 18.5 Å². The Kier molecular flexibility index (Phi) is 3.98. The zero-order chi connectivity index (χ0) is 15.7. The first kappa shape index (κ1) is 14.8. The van der Waals surface area contributed by atoms with Gasteiger partial charge in [0.05, 0.1) is 17.5 Å². The lowest BCUT2D eigenvalue weighted by molar-refractivity contribution is 0.0790. The molecular formula is C15H21N5O2. The van der Waals surface area contributed by atoms with Crippen LogP contribution in [0.1, 0.15) is 34.1 Å². The average Bonchev–Trinajstić information content (AvgIpc) is 3.19. The summed E-state index contributed by atoms with van der Waals surface area (Å²) in [4.78, 5) is 14.3. The molecule has 0 bridgehead atoms. The van der Waals surface area contributed by atoms with Gasteiger partial charge in [-0.3, -0.25) is 14.2 Å². The number of amides is 1. The molecular weight excluding hydrogens is 282 g/mol. The minimum atomic E-state index is 0.0297. The minimum absolute atomic E-state index is 0.0297. The number of aromatic nitrogens is 4. The highest BCUT2D eigenvalue weighted by Gasteiger charge is 2.30. The maximum atomic E-state index is 12.4. The van der Waals surface area contributed by atoms with E-state index in [1.165, 1.54) is 0 Å². The SMILES string of the molecule is Cn1cc(C(=O)N2CCC(c3cc(CCO)n(C)n3)C2)cn1. The molecule has 3 heterocycles. The highest BCUT2D eigenvalue weighted by Crippen LogP contribution is 2.27. The number of rotatable bonds is 4. The predicted molar refractivity (Wildman–Crippen MR) is 80.5 cm³/mol. The molecule has 7 heteroatoms. The second kappa shape index (κ2) is 5.92. The molecule has 3 rings (SSSR count). The molecule has 2 aromatic heterocycles. The fourth-order valence-electron chi connectivity index (χ4n) is 2.98. The van der Waals surface area contributed by atoms with Crippen LogP contribution in [-0.2, 0) is 20.5 Å². The standard InChI is InChI=1S/C15H21N5O2/c1-18-9-12(8-16-18)15(22)20-5-3-11(10-20)14-7-13(4-6-21)19(2)17-14/h7-9,11,21H,3-6,10H2,1-2H3. The summed E-state index contributed by atoms with van der Waals surface area (Å²) < 4.78 is 3.46. The van der Waals surface area contributed by atoms with Crippen LogP contribution in [-0.4, -0.2) is 55.2 Å². The van der Waals surface area contributed by atoms with E-state index in [9.17, 15) is 4.79 Å². The largest absolute Gasteiger partial charge is 0.396 e. The number of carbonyl (C=O) groups excluding carboxylic acids is 1. The van der Waals surface area contributed by atoms with Gasteiger partial charge in [0.2, 0.25) is 0 Å². The van der Waals surface area contributed by atoms with Crippen LogP contribution in [0.4, 0.5) is 0 Å². The van der Waals surface area contributed by atoms with E-state index < -0.39 is 0 Å². The highest BCUT2D eigenvalue weighted by atomic mass is 16.3. The van der Waals surface area contributed by atoms with E-state index in [2.05, 4.69) is 10.2 Å². The molecule has 1 aliphatic rings. The third kappa shape index (κ3) is 2.76. The highest BCUT2D eigenvalue weighted by molar-refractivity contribution is 5.93. The van der Waals surface area contributed by atoms with Crippen LogP contribution < -0.4 is 0 Å². The van der Waals surface area contributed by atoms with Crippen molar-refractivity contribution in [1.29, 1.82) is 0 Å². The first-order valence-electron chi connectivity index (χ1n) is 7.50. The Hall–Kier alpha value is -2.15. The van der Waals surface area contributed by atoms with Gasteiger partial charge in [-0.15, -0.1) is 0 Å². The van der Waals surface area contributed by atoms with E-state index in [1.54, 1.807) is 24.1 Å². The first-order chi connectivity index (χ1) is 10.6. The summed E-state index contributed by atoms with van der Waals surface area (Å²) in [5.41, 5.74) is 2.66. The molecule has 0 saturated carbocycles. The van der Waals surface area contributed by atoms with Crippen molar-refractivity contribution in [1.82, 2.24) is 24.5 Å². The number of carbonyl (C=O) groups is 1. The normalized spacial score (nSPS) is 18.1. The van der Waals surface area contributed by atoms with Gasteiger partial charge in [0, 0.05) is 58.0 Å². The molecule has 1 unspecified atom stereocenters. The van der Waals surface area contributed by atoms with Crippen molar-refractivity contribution in [2.24, 2.45) is 14.1 Å². The van der Waals surface area contributed by atoms with Crippen LogP contribution >= 0.6 is 0 Å². The van der Waals surface area contributed by atoms with Crippen LogP contribution in [0.3, 0.4) is 0 Å². The monoisotopic (exact) mass is 303 g/mol. The molecule has 1 atom stereocenters. The van der Waals surface area contributed by atoms with Crippen molar-refractivity contribution in [3.8, 4) is 0 Å². The van der Waals surface area contributed by atoms with Crippen molar-refractivity contribution >= 4 is 5.91 Å². The average molecular weight is 303 g/mol. The summed E-state index contributed by atoms with van der Waals surface area (Å²) in [6, 6.07) is 2.04. The van der Waals surface area contributed by atoms with Crippen molar-refractivity contribution in [3.05, 3.63) is 35.4 Å². The molecule has 22 heavy (non-hydrogen) atoms. The van der Waals surface area contributed by atoms with Gasteiger partial charge in [-0.05, 0) is 12.5 Å². The molecule has 0 aliphatic carbocycles. The molecule has 1 N–H and O–H groups in total. The second-order valence-electron chi connectivity index (χ2n) is 5.80. The number of aliphatic hydroxyl groups excluding tert-OH is 1. The number of hydrogen-bond acceptors (Lipinski definition) is 4. The first-order valence-corrected chi connectivity index (χ1v) is 7.50. The molecule has 1 aliphatic heterocycles. The zero-order valence-electron chi connectivity index (χ0n) is 12.9. The molecule has 118 valence electrons. The molecule has 0 aromatic carbocycles. The molecule has 7 nitrogen and oxygen atoms in total. The fraction of sp³-hybridized carbons (Fsp3) is 0.533. The van der Waals surface area contributed by atoms with E-state index in [-0.39, 0.29) is 18.4 Å². The zero-order valence-corrected chi connectivity index (χ0v) is 12.9. The summed E-state index contributed by atoms with van der Waals surface area (Å²) in [5, 5.41) is 17.6. The fourth-order valence-corrected chi connectivity index (χ4v) is 2.98. The Morgan fingerprint density at radius 1 is 1.45 bits per heavy atom. The Balaban J connectivity index is 1.69. The number of aliphatic hydroxyl groups is 1. The van der Waals surface area contributed by atoms with Crippen LogP contribution in [0.25, 0.3) is 0 Å². The molecule has 1 fully saturated rings. The topological polar surface area (TPSA) is 76.2 Å². The van der Waals surface area contributed by atoms with Gasteiger partial charge in [-0.1, -0.05) is 0 Å². The molecule has 0 radical (unpaired) electrons. The molecule has 1 saturated heterocycles. The van der Waals surface area contributed by atoms with Gasteiger partial charge >= 0.3 is 0 Å². The van der Waals surface area contributed by atoms with Gasteiger partial charge < -0.3 is 10.0 Å². The van der Waals surface area contributed by atoms with E-state index in [0.717, 1.165) is 24.4 Å². The van der Waals surface area contributed by atoms with Gasteiger partial charge in [-0.25, -0.2) is 0 Å². The van der Waals surface area contributed by atoms with Crippen molar-refractivity contribution < 1.29 is 9.90 Å². The summed E-state index contributed by atoms with van der Waals surface area (Å²) in [7, 11) is 3.70. The van der Waals surface area contributed by atoms with Crippen LogP contribution in [0, 0.1) is 0 Å². The van der Waals surface area contributed by atoms with Gasteiger partial charge in [0.15, 0.2) is 0 Å². The van der Waals surface area contributed by atoms with E-state index in [4.69, 9.17) is 5.11 Å². The van der Waals surface area contributed by atoms with Crippen LogP contribution in [0.2, 0.25) is 0 Å². The molecule has 2 aromatic rings. The van der Waals surface area contributed by atoms with Gasteiger partial charge in [-0.2, -0.15) is 10.2 Å². The summed E-state index contributed by atoms with van der Waals surface area (Å²) in [6.45, 7) is 1.54. The Labute approximate surface area is 129 Å². The number of hydrogen-bond donors (Lipinski definition) is 1. The Bertz CT molecular complexity index is 675. The lowest BCUT2D eigenvalue weighted by Crippen LogP contribution is -2.28. The summed E-state index contributed by atoms with van der Waals surface area (Å²) in [6.07, 6.45) is 4.88. The Morgan fingerprint density at radius 3 is 2.95 bits per heavy atom. The third-order valence-corrected chi connectivity index (χ3v) is 4.21. The maximum absolute atomic E-state index is 12.4. The van der Waals surface area contributed by atoms with Gasteiger partial charge in [0.1, 0.15) is 0 Å². The van der Waals surface area contributed by atoms with Crippen LogP contribution in [0.5, 0.6) is 0 Å². The summed E-state index contributed by atoms with van der Waals surface area (Å²) in [5.74, 6) is 0.293. The van der Waals surface area contributed by atoms with Crippen molar-refractivity contribution in [2.45, 2.75) is 18.8 Å². The van der Waals surface area contributed by atoms with E-state index in [1.807, 2.05) is 22.7 Å². The molecule has 1 amide bonds. The summed E-state index contributed by atoms with van der Waals surface area (Å²) >= 11 is 0. The third-order valence-electron chi connectivity index (χ3n) is 4.21. The second-order valence-corrected chi connectivity index (χ2v) is 5.80. The number of likely N-dealkylation sites (tertiary alicyclic amines) is 1. The molecule has 0 spiro atoms. The van der Waals surface area contributed by atoms with E-state index >= 15 is 0 Å². The quantitative estimate of drug-likeness (QED) is 0.882. The lowest BCUT2D eigenvalue weighted by atomic mass is 10.0. The predicted octanol–water partition coefficient (Wildman–Crippen LogP) is 0.318. The minimum Gasteiger partial charge on any atom is -0.396 e. The smallest absolute Gasteiger partial charge is 0.257 e. The Morgan fingerprint density at radius 2 is 2.27 bits per heavy atom. The van der Waals surface area contributed by atoms with Crippen molar-refractivity contribution in [3.63, 3.8) is 0 Å². The number of nitrogens with zero attached hydrogens (tertiary/aromatic N) is 5. The maximum Gasteiger partial charge on any atom is 0.257 e. The van der Waals surface area contributed by atoms with Crippen LogP contribution in [0.15, 0.2) is 18.5 Å². The van der Waals surface area contributed by atoms with Gasteiger partial charge in [0.25, 0.3) is 5.91 Å². The van der Waals surface area contributed by atoms with Crippen molar-refractivity contribution in [2.75, 3.05) is 19.7 Å².